The quantitative estimate of drug-likeness (QED) is 0.704. The van der Waals surface area contributed by atoms with E-state index in [2.05, 4.69) is 6.92 Å². The van der Waals surface area contributed by atoms with Crippen LogP contribution < -0.4 is 5.73 Å². The van der Waals surface area contributed by atoms with Crippen LogP contribution in [0.1, 0.15) is 47.0 Å². The third-order valence-electron chi connectivity index (χ3n) is 1.94. The number of rotatable bonds is 4. The summed E-state index contributed by atoms with van der Waals surface area (Å²) in [5, 5.41) is 0. The summed E-state index contributed by atoms with van der Waals surface area (Å²) in [7, 11) is 0. The van der Waals surface area contributed by atoms with Gasteiger partial charge in [-0.1, -0.05) is 40.5 Å². The van der Waals surface area contributed by atoms with Crippen molar-refractivity contribution >= 4 is 5.78 Å². The molecule has 0 saturated heterocycles. The monoisotopic (exact) mass is 171 g/mol. The lowest BCUT2D eigenvalue weighted by Gasteiger charge is -2.21. The maximum absolute atomic E-state index is 11.5. The van der Waals surface area contributed by atoms with Gasteiger partial charge in [-0.15, -0.1) is 0 Å². The van der Waals surface area contributed by atoms with E-state index in [-0.39, 0.29) is 17.2 Å². The lowest BCUT2D eigenvalue weighted by molar-refractivity contribution is -0.127. The molecule has 0 saturated carbocycles. The lowest BCUT2D eigenvalue weighted by atomic mass is 9.85. The molecule has 0 aromatic heterocycles. The number of carbonyl (C=O) groups excluding carboxylic acids is 1. The van der Waals surface area contributed by atoms with Crippen LogP contribution in [0.15, 0.2) is 0 Å². The van der Waals surface area contributed by atoms with Crippen LogP contribution in [0.4, 0.5) is 0 Å². The largest absolute Gasteiger partial charge is 0.321 e. The van der Waals surface area contributed by atoms with Crippen molar-refractivity contribution in [1.82, 2.24) is 0 Å². The molecule has 72 valence electrons. The molecule has 0 heterocycles. The van der Waals surface area contributed by atoms with Crippen molar-refractivity contribution in [2.45, 2.75) is 53.0 Å². The van der Waals surface area contributed by atoms with E-state index in [1.807, 2.05) is 20.8 Å². The fraction of sp³-hybridized carbons (Fsp3) is 0.900. The number of nitrogens with two attached hydrogens (primary N) is 1. The van der Waals surface area contributed by atoms with E-state index in [0.29, 0.717) is 0 Å². The van der Waals surface area contributed by atoms with Gasteiger partial charge in [0.1, 0.15) is 0 Å². The summed E-state index contributed by atoms with van der Waals surface area (Å²) < 4.78 is 0. The van der Waals surface area contributed by atoms with Gasteiger partial charge in [-0.3, -0.25) is 4.79 Å². The first-order valence-electron chi connectivity index (χ1n) is 4.69. The van der Waals surface area contributed by atoms with Crippen LogP contribution in [0.25, 0.3) is 0 Å². The van der Waals surface area contributed by atoms with E-state index in [1.165, 1.54) is 0 Å². The molecule has 0 aliphatic heterocycles. The summed E-state index contributed by atoms with van der Waals surface area (Å²) in [5.74, 6) is 0.177. The normalized spacial score (nSPS) is 14.4. The molecule has 0 unspecified atom stereocenters. The number of hydrogen-bond donors (Lipinski definition) is 1. The molecule has 0 aromatic carbocycles. The molecule has 0 aliphatic carbocycles. The van der Waals surface area contributed by atoms with Crippen LogP contribution >= 0.6 is 0 Å². The molecular formula is C10H21NO. The van der Waals surface area contributed by atoms with Gasteiger partial charge in [-0.2, -0.15) is 0 Å². The van der Waals surface area contributed by atoms with Crippen molar-refractivity contribution in [2.75, 3.05) is 0 Å². The second-order valence-electron chi connectivity index (χ2n) is 4.36. The average Bonchev–Trinajstić information content (AvgIpc) is 1.97. The van der Waals surface area contributed by atoms with E-state index in [9.17, 15) is 4.79 Å². The van der Waals surface area contributed by atoms with Gasteiger partial charge in [0.25, 0.3) is 0 Å². The predicted octanol–water partition coefficient (Wildman–Crippen LogP) is 2.12. The number of carbonyl (C=O) groups is 1. The van der Waals surface area contributed by atoms with Crippen molar-refractivity contribution in [3.63, 3.8) is 0 Å². The van der Waals surface area contributed by atoms with E-state index < -0.39 is 0 Å². The predicted molar refractivity (Wildman–Crippen MR) is 52.0 cm³/mol. The molecule has 0 amide bonds. The lowest BCUT2D eigenvalue weighted by Crippen LogP contribution is -2.38. The Bertz CT molecular complexity index is 146. The second kappa shape index (κ2) is 4.61. The molecule has 0 rings (SSSR count). The fourth-order valence-corrected chi connectivity index (χ4v) is 1.11. The number of unbranched alkanes of at least 4 members (excludes halogenated alkanes) is 1. The van der Waals surface area contributed by atoms with E-state index in [0.717, 1.165) is 19.3 Å². The van der Waals surface area contributed by atoms with Crippen molar-refractivity contribution in [1.29, 1.82) is 0 Å². The molecule has 12 heavy (non-hydrogen) atoms. The van der Waals surface area contributed by atoms with Crippen molar-refractivity contribution < 1.29 is 4.79 Å². The Morgan fingerprint density at radius 1 is 1.42 bits per heavy atom. The van der Waals surface area contributed by atoms with Gasteiger partial charge in [0.15, 0.2) is 5.78 Å². The summed E-state index contributed by atoms with van der Waals surface area (Å²) >= 11 is 0. The van der Waals surface area contributed by atoms with Gasteiger partial charge in [0.05, 0.1) is 6.04 Å². The first kappa shape index (κ1) is 11.6. The third-order valence-corrected chi connectivity index (χ3v) is 1.94. The Kier molecular flexibility index (Phi) is 4.46. The molecule has 0 radical (unpaired) electrons. The maximum Gasteiger partial charge on any atom is 0.154 e. The van der Waals surface area contributed by atoms with E-state index in [4.69, 9.17) is 5.73 Å². The van der Waals surface area contributed by atoms with Crippen LogP contribution in [0, 0.1) is 5.41 Å². The summed E-state index contributed by atoms with van der Waals surface area (Å²) in [4.78, 5) is 11.5. The molecular weight excluding hydrogens is 150 g/mol. The Morgan fingerprint density at radius 2 is 1.92 bits per heavy atom. The fourth-order valence-electron chi connectivity index (χ4n) is 1.11. The molecule has 2 heteroatoms. The molecule has 0 bridgehead atoms. The Morgan fingerprint density at radius 3 is 2.25 bits per heavy atom. The smallest absolute Gasteiger partial charge is 0.154 e. The first-order valence-corrected chi connectivity index (χ1v) is 4.69. The molecule has 0 fully saturated rings. The maximum atomic E-state index is 11.5. The Labute approximate surface area is 75.5 Å². The second-order valence-corrected chi connectivity index (χ2v) is 4.36. The highest BCUT2D eigenvalue weighted by Crippen LogP contribution is 2.17. The summed E-state index contributed by atoms with van der Waals surface area (Å²) in [6.07, 6.45) is 2.97. The van der Waals surface area contributed by atoms with Crippen LogP contribution in [0.5, 0.6) is 0 Å². The summed E-state index contributed by atoms with van der Waals surface area (Å²) in [6, 6.07) is -0.259. The van der Waals surface area contributed by atoms with E-state index in [1.54, 1.807) is 0 Å². The van der Waals surface area contributed by atoms with Gasteiger partial charge in [0, 0.05) is 5.41 Å². The topological polar surface area (TPSA) is 43.1 Å². The van der Waals surface area contributed by atoms with Crippen molar-refractivity contribution in [3.8, 4) is 0 Å². The van der Waals surface area contributed by atoms with Gasteiger partial charge >= 0.3 is 0 Å². The molecule has 0 spiro atoms. The zero-order valence-electron chi connectivity index (χ0n) is 8.68. The zero-order chi connectivity index (χ0) is 9.78. The highest BCUT2D eigenvalue weighted by molar-refractivity contribution is 5.88. The standard InChI is InChI=1S/C10H21NO/c1-5-6-7-8(11)9(12)10(2,3)4/h8H,5-7,11H2,1-4H3/t8-/m1/s1. The van der Waals surface area contributed by atoms with Crippen LogP contribution in [0.3, 0.4) is 0 Å². The molecule has 1 atom stereocenters. The third kappa shape index (κ3) is 3.86. The van der Waals surface area contributed by atoms with Crippen LogP contribution in [0.2, 0.25) is 0 Å². The minimum absolute atomic E-state index is 0.177. The summed E-state index contributed by atoms with van der Waals surface area (Å²) in [5.41, 5.74) is 5.46. The van der Waals surface area contributed by atoms with Crippen molar-refractivity contribution in [2.24, 2.45) is 11.1 Å². The summed E-state index contributed by atoms with van der Waals surface area (Å²) in [6.45, 7) is 7.86. The van der Waals surface area contributed by atoms with Gasteiger partial charge in [-0.25, -0.2) is 0 Å². The number of ketones is 1. The molecule has 0 aliphatic rings. The Balaban J connectivity index is 3.94. The van der Waals surface area contributed by atoms with Gasteiger partial charge in [-0.05, 0) is 6.42 Å². The minimum atomic E-state index is -0.285. The van der Waals surface area contributed by atoms with Crippen LogP contribution in [-0.4, -0.2) is 11.8 Å². The minimum Gasteiger partial charge on any atom is -0.321 e. The highest BCUT2D eigenvalue weighted by Gasteiger charge is 2.26. The van der Waals surface area contributed by atoms with Crippen molar-refractivity contribution in [3.05, 3.63) is 0 Å². The van der Waals surface area contributed by atoms with Gasteiger partial charge in [0.2, 0.25) is 0 Å². The number of hydrogen-bond acceptors (Lipinski definition) is 2. The van der Waals surface area contributed by atoms with Gasteiger partial charge < -0.3 is 5.73 Å². The van der Waals surface area contributed by atoms with Crippen LogP contribution in [-0.2, 0) is 4.79 Å². The Hall–Kier alpha value is -0.370. The number of Topliss-reactive ketones (excluding diaryl/α,β-unsaturated/α-hetero) is 1. The molecule has 2 N–H and O–H groups in total. The highest BCUT2D eigenvalue weighted by atomic mass is 16.1. The SMILES string of the molecule is CCCC[C@@H](N)C(=O)C(C)(C)C. The van der Waals surface area contributed by atoms with E-state index >= 15 is 0 Å². The molecule has 2 nitrogen and oxygen atoms in total. The molecule has 0 aromatic rings. The average molecular weight is 171 g/mol. The first-order chi connectivity index (χ1) is 5.39. The zero-order valence-corrected chi connectivity index (χ0v) is 8.68.